The van der Waals surface area contributed by atoms with Crippen LogP contribution >= 0.6 is 23.2 Å². The number of aromatic nitrogens is 4. The van der Waals surface area contributed by atoms with Crippen molar-refractivity contribution in [3.8, 4) is 0 Å². The molecule has 0 aliphatic rings. The fraction of sp³-hybridized carbons (Fsp3) is 0.263. The number of carbonyl (C=O) groups is 2. The van der Waals surface area contributed by atoms with Gasteiger partial charge >= 0.3 is 5.97 Å². The number of rotatable bonds is 7. The van der Waals surface area contributed by atoms with E-state index in [1.807, 2.05) is 6.92 Å². The molecule has 8 nitrogen and oxygen atoms in total. The van der Waals surface area contributed by atoms with Crippen molar-refractivity contribution in [3.63, 3.8) is 0 Å². The van der Waals surface area contributed by atoms with Crippen LogP contribution in [0.4, 0.5) is 5.69 Å². The van der Waals surface area contributed by atoms with Crippen LogP contribution in [0.1, 0.15) is 33.9 Å². The quantitative estimate of drug-likeness (QED) is 0.587. The van der Waals surface area contributed by atoms with Gasteiger partial charge in [0, 0.05) is 34.8 Å². The van der Waals surface area contributed by atoms with Crippen LogP contribution in [0, 0.1) is 13.8 Å². The molecule has 0 saturated carbocycles. The lowest BCUT2D eigenvalue weighted by Crippen LogP contribution is -2.16. The minimum atomic E-state index is -1.11. The zero-order valence-electron chi connectivity index (χ0n) is 15.8. The van der Waals surface area contributed by atoms with Gasteiger partial charge in [-0.05, 0) is 32.0 Å². The Hall–Kier alpha value is -2.84. The van der Waals surface area contributed by atoms with Crippen LogP contribution in [-0.4, -0.2) is 36.5 Å². The monoisotopic (exact) mass is 435 g/mol. The van der Waals surface area contributed by atoms with E-state index in [9.17, 15) is 9.59 Å². The molecule has 0 unspecified atom stereocenters. The minimum absolute atomic E-state index is 0.0587. The molecule has 0 bridgehead atoms. The van der Waals surface area contributed by atoms with Crippen molar-refractivity contribution in [2.45, 2.75) is 33.4 Å². The molecule has 152 valence electrons. The van der Waals surface area contributed by atoms with E-state index >= 15 is 0 Å². The molecule has 0 saturated heterocycles. The Morgan fingerprint density at radius 3 is 2.45 bits per heavy atom. The summed E-state index contributed by atoms with van der Waals surface area (Å²) in [5.74, 6) is -1.33. The Balaban J connectivity index is 1.68. The third-order valence-corrected chi connectivity index (χ3v) is 5.15. The van der Waals surface area contributed by atoms with E-state index in [-0.39, 0.29) is 24.6 Å². The molecule has 10 heteroatoms. The summed E-state index contributed by atoms with van der Waals surface area (Å²) in [6, 6.07) is 6.70. The maximum atomic E-state index is 12.4. The van der Waals surface area contributed by atoms with Crippen molar-refractivity contribution in [1.82, 2.24) is 19.6 Å². The van der Waals surface area contributed by atoms with Crippen molar-refractivity contribution in [2.75, 3.05) is 5.32 Å². The number of amides is 1. The first-order valence-corrected chi connectivity index (χ1v) is 9.55. The van der Waals surface area contributed by atoms with Gasteiger partial charge in [-0.2, -0.15) is 10.2 Å². The van der Waals surface area contributed by atoms with Gasteiger partial charge in [0.05, 0.1) is 23.6 Å². The van der Waals surface area contributed by atoms with E-state index in [4.69, 9.17) is 28.3 Å². The third kappa shape index (κ3) is 4.78. The van der Waals surface area contributed by atoms with Crippen LogP contribution in [0.3, 0.4) is 0 Å². The molecule has 0 atom stereocenters. The van der Waals surface area contributed by atoms with Crippen molar-refractivity contribution in [1.29, 1.82) is 0 Å². The lowest BCUT2D eigenvalue weighted by Gasteiger charge is -2.10. The molecule has 0 aliphatic heterocycles. The maximum absolute atomic E-state index is 12.4. The van der Waals surface area contributed by atoms with Crippen molar-refractivity contribution < 1.29 is 14.7 Å². The number of anilines is 1. The second-order valence-electron chi connectivity index (χ2n) is 6.47. The van der Waals surface area contributed by atoms with Crippen molar-refractivity contribution in [3.05, 3.63) is 63.2 Å². The van der Waals surface area contributed by atoms with Gasteiger partial charge in [-0.15, -0.1) is 0 Å². The van der Waals surface area contributed by atoms with Crippen LogP contribution in [0.15, 0.2) is 30.5 Å². The van der Waals surface area contributed by atoms with Gasteiger partial charge in [0.2, 0.25) is 5.91 Å². The Kier molecular flexibility index (Phi) is 6.24. The van der Waals surface area contributed by atoms with E-state index in [0.29, 0.717) is 28.0 Å². The Morgan fingerprint density at radius 1 is 1.14 bits per heavy atom. The van der Waals surface area contributed by atoms with Gasteiger partial charge in [0.25, 0.3) is 0 Å². The molecule has 29 heavy (non-hydrogen) atoms. The average molecular weight is 436 g/mol. The van der Waals surface area contributed by atoms with Gasteiger partial charge in [-0.1, -0.05) is 29.3 Å². The number of aromatic carboxylic acids is 1. The number of halogens is 2. The number of carboxylic acid groups (broad SMARTS) is 1. The lowest BCUT2D eigenvalue weighted by atomic mass is 10.2. The number of hydrogen-bond acceptors (Lipinski definition) is 4. The molecule has 2 N–H and O–H groups in total. The van der Waals surface area contributed by atoms with Crippen LogP contribution in [0.2, 0.25) is 10.0 Å². The molecule has 0 spiro atoms. The molecule has 2 heterocycles. The molecule has 0 radical (unpaired) electrons. The summed E-state index contributed by atoms with van der Waals surface area (Å²) in [5.41, 5.74) is 2.78. The second kappa shape index (κ2) is 8.67. The molecule has 1 amide bonds. The molecule has 0 fully saturated rings. The zero-order chi connectivity index (χ0) is 21.1. The van der Waals surface area contributed by atoms with Crippen molar-refractivity contribution in [2.24, 2.45) is 0 Å². The number of nitrogens with zero attached hydrogens (tertiary/aromatic N) is 4. The van der Waals surface area contributed by atoms with Gasteiger partial charge in [-0.3, -0.25) is 14.2 Å². The van der Waals surface area contributed by atoms with Crippen LogP contribution in [0.5, 0.6) is 0 Å². The topological polar surface area (TPSA) is 102 Å². The fourth-order valence-corrected chi connectivity index (χ4v) is 3.40. The Morgan fingerprint density at radius 2 is 1.83 bits per heavy atom. The predicted molar refractivity (Wildman–Crippen MR) is 110 cm³/mol. The van der Waals surface area contributed by atoms with Gasteiger partial charge in [0.15, 0.2) is 5.69 Å². The fourth-order valence-electron chi connectivity index (χ4n) is 2.88. The summed E-state index contributed by atoms with van der Waals surface area (Å²) in [6.45, 7) is 4.31. The first kappa shape index (κ1) is 20.9. The normalized spacial score (nSPS) is 10.9. The number of nitrogens with one attached hydrogen (secondary N) is 1. The summed E-state index contributed by atoms with van der Waals surface area (Å²) >= 11 is 12.5. The van der Waals surface area contributed by atoms with Gasteiger partial charge < -0.3 is 10.4 Å². The molecule has 2 aromatic heterocycles. The van der Waals surface area contributed by atoms with Gasteiger partial charge in [0.1, 0.15) is 0 Å². The highest BCUT2D eigenvalue weighted by Crippen LogP contribution is 2.27. The predicted octanol–water partition coefficient (Wildman–Crippen LogP) is 3.78. The minimum Gasteiger partial charge on any atom is -0.476 e. The van der Waals surface area contributed by atoms with Crippen LogP contribution in [0.25, 0.3) is 0 Å². The molecular weight excluding hydrogens is 417 g/mol. The number of hydrogen-bond donors (Lipinski definition) is 2. The highest BCUT2D eigenvalue weighted by atomic mass is 35.5. The van der Waals surface area contributed by atoms with E-state index in [1.54, 1.807) is 29.8 Å². The molecule has 3 rings (SSSR count). The Labute approximate surface area is 177 Å². The number of carboxylic acids is 1. The summed E-state index contributed by atoms with van der Waals surface area (Å²) < 4.78 is 3.16. The standard InChI is InChI=1S/C19H19Cl2N5O3/c1-11-18(22-17(27)7-9-25-8-6-16(24-25)19(28)29)12(2)26(23-11)10-13-14(20)4-3-5-15(13)21/h3-6,8H,7,9-10H2,1-2H3,(H,22,27)(H,28,29). The lowest BCUT2D eigenvalue weighted by molar-refractivity contribution is -0.116. The average Bonchev–Trinajstić information content (AvgIpc) is 3.24. The zero-order valence-corrected chi connectivity index (χ0v) is 17.3. The summed E-state index contributed by atoms with van der Waals surface area (Å²) in [5, 5.41) is 21.2. The van der Waals surface area contributed by atoms with Crippen molar-refractivity contribution >= 4 is 40.8 Å². The summed E-state index contributed by atoms with van der Waals surface area (Å²) in [7, 11) is 0. The Bertz CT molecular complexity index is 1050. The van der Waals surface area contributed by atoms with Crippen LogP contribution < -0.4 is 5.32 Å². The van der Waals surface area contributed by atoms with E-state index in [1.165, 1.54) is 16.9 Å². The second-order valence-corrected chi connectivity index (χ2v) is 7.29. The molecule has 3 aromatic rings. The largest absolute Gasteiger partial charge is 0.476 e. The van der Waals surface area contributed by atoms with E-state index < -0.39 is 5.97 Å². The van der Waals surface area contributed by atoms with E-state index in [0.717, 1.165) is 11.3 Å². The number of benzene rings is 1. The third-order valence-electron chi connectivity index (χ3n) is 4.44. The number of aryl methyl sites for hydroxylation is 2. The number of carbonyl (C=O) groups excluding carboxylic acids is 1. The highest BCUT2D eigenvalue weighted by molar-refractivity contribution is 6.35. The molecule has 0 aliphatic carbocycles. The molecular formula is C19H19Cl2N5O3. The van der Waals surface area contributed by atoms with Crippen LogP contribution in [-0.2, 0) is 17.9 Å². The van der Waals surface area contributed by atoms with E-state index in [2.05, 4.69) is 15.5 Å². The SMILES string of the molecule is Cc1nn(Cc2c(Cl)cccc2Cl)c(C)c1NC(=O)CCn1ccc(C(=O)O)n1. The first-order valence-electron chi connectivity index (χ1n) is 8.79. The molecule has 1 aromatic carbocycles. The van der Waals surface area contributed by atoms with Gasteiger partial charge in [-0.25, -0.2) is 4.79 Å². The maximum Gasteiger partial charge on any atom is 0.356 e. The summed E-state index contributed by atoms with van der Waals surface area (Å²) in [6.07, 6.45) is 1.67. The first-order chi connectivity index (χ1) is 13.8. The summed E-state index contributed by atoms with van der Waals surface area (Å²) in [4.78, 5) is 23.2. The highest BCUT2D eigenvalue weighted by Gasteiger charge is 2.16. The smallest absolute Gasteiger partial charge is 0.356 e.